The van der Waals surface area contributed by atoms with Crippen LogP contribution in [0.3, 0.4) is 0 Å². The van der Waals surface area contributed by atoms with Gasteiger partial charge in [-0.1, -0.05) is 63.3 Å². The molecule has 1 heteroatoms. The molecule has 0 saturated heterocycles. The van der Waals surface area contributed by atoms with Gasteiger partial charge in [0.2, 0.25) is 0 Å². The largest absolute Gasteiger partial charge is 0.324 e. The highest BCUT2D eigenvalue weighted by molar-refractivity contribution is 5.28. The lowest BCUT2D eigenvalue weighted by atomic mass is 9.80. The topological polar surface area (TPSA) is 26.0 Å². The molecule has 0 radical (unpaired) electrons. The number of nitrogens with two attached hydrogens (primary N) is 1. The molecule has 1 aliphatic rings. The summed E-state index contributed by atoms with van der Waals surface area (Å²) in [5.41, 5.74) is 9.08. The Morgan fingerprint density at radius 3 is 2.39 bits per heavy atom. The second-order valence-corrected chi connectivity index (χ2v) is 5.75. The smallest absolute Gasteiger partial charge is 0.0294 e. The molecule has 0 aromatic heterocycles. The first-order valence-corrected chi connectivity index (χ1v) is 7.66. The summed E-state index contributed by atoms with van der Waals surface area (Å²) in [6.45, 7) is 2.25. The molecule has 1 aromatic carbocycles. The van der Waals surface area contributed by atoms with Gasteiger partial charge in [0, 0.05) is 6.04 Å². The molecular formula is C17H27N. The van der Waals surface area contributed by atoms with Crippen molar-refractivity contribution in [3.8, 4) is 0 Å². The minimum absolute atomic E-state index is 0.234. The highest BCUT2D eigenvalue weighted by atomic mass is 14.6. The number of unbranched alkanes of at least 4 members (excludes halogenated alkanes) is 3. The predicted octanol–water partition coefficient (Wildman–Crippen LogP) is 4.92. The predicted molar refractivity (Wildman–Crippen MR) is 78.7 cm³/mol. The molecule has 2 rings (SSSR count). The Balaban J connectivity index is 1.80. The van der Waals surface area contributed by atoms with Crippen molar-refractivity contribution in [2.75, 3.05) is 0 Å². The molecule has 0 bridgehead atoms. The minimum Gasteiger partial charge on any atom is -0.324 e. The van der Waals surface area contributed by atoms with E-state index in [2.05, 4.69) is 31.2 Å². The molecule has 1 aliphatic carbocycles. The monoisotopic (exact) mass is 245 g/mol. The van der Waals surface area contributed by atoms with Crippen molar-refractivity contribution in [1.29, 1.82) is 0 Å². The van der Waals surface area contributed by atoms with Gasteiger partial charge in [-0.3, -0.25) is 0 Å². The van der Waals surface area contributed by atoms with Crippen LogP contribution in [0, 0.1) is 0 Å². The zero-order chi connectivity index (χ0) is 12.8. The van der Waals surface area contributed by atoms with Crippen LogP contribution in [0.2, 0.25) is 0 Å². The lowest BCUT2D eigenvalue weighted by Gasteiger charge is -2.26. The molecule has 1 nitrogen and oxygen atoms in total. The Morgan fingerprint density at radius 2 is 1.83 bits per heavy atom. The summed E-state index contributed by atoms with van der Waals surface area (Å²) in [5, 5.41) is 0. The standard InChI is InChI=1S/C17H27N/c1-2-3-4-5-9-17(18)16-12-10-15(11-13-16)14-7-6-8-14/h10-14,17H,2-9,18H2,1H3. The second-order valence-electron chi connectivity index (χ2n) is 5.75. The SMILES string of the molecule is CCCCCCC(N)c1ccc(C2CCC2)cc1. The molecule has 1 saturated carbocycles. The molecule has 0 aliphatic heterocycles. The van der Waals surface area contributed by atoms with Gasteiger partial charge in [0.15, 0.2) is 0 Å². The highest BCUT2D eigenvalue weighted by Gasteiger charge is 2.19. The van der Waals surface area contributed by atoms with E-state index in [-0.39, 0.29) is 6.04 Å². The van der Waals surface area contributed by atoms with E-state index >= 15 is 0 Å². The molecule has 0 amide bonds. The van der Waals surface area contributed by atoms with Crippen molar-refractivity contribution in [2.45, 2.75) is 70.3 Å². The first-order chi connectivity index (χ1) is 8.81. The molecule has 1 unspecified atom stereocenters. The normalized spacial score (nSPS) is 17.4. The lowest BCUT2D eigenvalue weighted by molar-refractivity contribution is 0.419. The van der Waals surface area contributed by atoms with Crippen LogP contribution in [0.4, 0.5) is 0 Å². The summed E-state index contributed by atoms with van der Waals surface area (Å²) < 4.78 is 0. The van der Waals surface area contributed by atoms with Gasteiger partial charge < -0.3 is 5.73 Å². The summed E-state index contributed by atoms with van der Waals surface area (Å²) >= 11 is 0. The van der Waals surface area contributed by atoms with E-state index in [1.54, 1.807) is 0 Å². The summed E-state index contributed by atoms with van der Waals surface area (Å²) in [4.78, 5) is 0. The third kappa shape index (κ3) is 3.58. The highest BCUT2D eigenvalue weighted by Crippen LogP contribution is 2.36. The van der Waals surface area contributed by atoms with Crippen LogP contribution in [0.25, 0.3) is 0 Å². The van der Waals surface area contributed by atoms with Crippen molar-refractivity contribution < 1.29 is 0 Å². The van der Waals surface area contributed by atoms with Gasteiger partial charge in [0.05, 0.1) is 0 Å². The van der Waals surface area contributed by atoms with E-state index in [9.17, 15) is 0 Å². The fraction of sp³-hybridized carbons (Fsp3) is 0.647. The summed E-state index contributed by atoms with van der Waals surface area (Å²) in [6, 6.07) is 9.32. The van der Waals surface area contributed by atoms with Crippen molar-refractivity contribution in [3.05, 3.63) is 35.4 Å². The molecule has 1 fully saturated rings. The van der Waals surface area contributed by atoms with Crippen molar-refractivity contribution in [1.82, 2.24) is 0 Å². The average Bonchev–Trinajstić information content (AvgIpc) is 2.33. The van der Waals surface area contributed by atoms with Crippen molar-refractivity contribution in [2.24, 2.45) is 5.73 Å². The number of rotatable bonds is 7. The van der Waals surface area contributed by atoms with E-state index in [1.165, 1.54) is 56.1 Å². The van der Waals surface area contributed by atoms with Gasteiger partial charge in [0.25, 0.3) is 0 Å². The Kier molecular flexibility index (Phi) is 5.25. The van der Waals surface area contributed by atoms with Crippen LogP contribution in [0.15, 0.2) is 24.3 Å². The number of hydrogen-bond acceptors (Lipinski definition) is 1. The third-order valence-corrected chi connectivity index (χ3v) is 4.31. The Labute approximate surface area is 112 Å². The van der Waals surface area contributed by atoms with Gasteiger partial charge >= 0.3 is 0 Å². The van der Waals surface area contributed by atoms with E-state index in [0.717, 1.165) is 12.3 Å². The maximum atomic E-state index is 6.25. The summed E-state index contributed by atoms with van der Waals surface area (Å²) in [5.74, 6) is 0.833. The Morgan fingerprint density at radius 1 is 1.11 bits per heavy atom. The van der Waals surface area contributed by atoms with Gasteiger partial charge in [-0.15, -0.1) is 0 Å². The van der Waals surface area contributed by atoms with Crippen LogP contribution in [0.1, 0.15) is 81.4 Å². The zero-order valence-corrected chi connectivity index (χ0v) is 11.7. The van der Waals surface area contributed by atoms with Crippen LogP contribution in [-0.4, -0.2) is 0 Å². The first kappa shape index (κ1) is 13.6. The Bertz CT molecular complexity index is 337. The fourth-order valence-electron chi connectivity index (χ4n) is 2.71. The third-order valence-electron chi connectivity index (χ3n) is 4.31. The molecule has 18 heavy (non-hydrogen) atoms. The van der Waals surface area contributed by atoms with Gasteiger partial charge in [0.1, 0.15) is 0 Å². The molecule has 1 aromatic rings. The molecule has 100 valence electrons. The number of hydrogen-bond donors (Lipinski definition) is 1. The van der Waals surface area contributed by atoms with E-state index in [4.69, 9.17) is 5.73 Å². The number of benzene rings is 1. The van der Waals surface area contributed by atoms with E-state index < -0.39 is 0 Å². The quantitative estimate of drug-likeness (QED) is 0.678. The fourth-order valence-corrected chi connectivity index (χ4v) is 2.71. The molecule has 1 atom stereocenters. The molecular weight excluding hydrogens is 218 g/mol. The first-order valence-electron chi connectivity index (χ1n) is 7.66. The van der Waals surface area contributed by atoms with Crippen molar-refractivity contribution in [3.63, 3.8) is 0 Å². The zero-order valence-electron chi connectivity index (χ0n) is 11.7. The summed E-state index contributed by atoms with van der Waals surface area (Å²) in [6.07, 6.45) is 10.5. The van der Waals surface area contributed by atoms with Crippen LogP contribution in [0.5, 0.6) is 0 Å². The summed E-state index contributed by atoms with van der Waals surface area (Å²) in [7, 11) is 0. The van der Waals surface area contributed by atoms with Crippen LogP contribution >= 0.6 is 0 Å². The second kappa shape index (κ2) is 6.94. The molecule has 0 heterocycles. The van der Waals surface area contributed by atoms with Gasteiger partial charge in [-0.25, -0.2) is 0 Å². The average molecular weight is 245 g/mol. The minimum atomic E-state index is 0.234. The molecule has 2 N–H and O–H groups in total. The van der Waals surface area contributed by atoms with Crippen LogP contribution < -0.4 is 5.73 Å². The maximum absolute atomic E-state index is 6.25. The molecule has 0 spiro atoms. The van der Waals surface area contributed by atoms with Crippen molar-refractivity contribution >= 4 is 0 Å². The lowest BCUT2D eigenvalue weighted by Crippen LogP contribution is -2.12. The van der Waals surface area contributed by atoms with Gasteiger partial charge in [-0.05, 0) is 36.3 Å². The van der Waals surface area contributed by atoms with Gasteiger partial charge in [-0.2, -0.15) is 0 Å². The Hall–Kier alpha value is -0.820. The van der Waals surface area contributed by atoms with E-state index in [0.29, 0.717) is 0 Å². The van der Waals surface area contributed by atoms with E-state index in [1.807, 2.05) is 0 Å². The van der Waals surface area contributed by atoms with Crippen LogP contribution in [-0.2, 0) is 0 Å². The maximum Gasteiger partial charge on any atom is 0.0294 e.